The molecule has 0 N–H and O–H groups in total. The SMILES string of the molecule is Clc1ccc2ccc(OCCCCN3CCN(c4cccc5sccc45)CC3)cc2n1. The molecule has 31 heavy (non-hydrogen) atoms. The summed E-state index contributed by atoms with van der Waals surface area (Å²) in [7, 11) is 0. The molecule has 3 heterocycles. The van der Waals surface area contributed by atoms with Crippen LogP contribution in [-0.4, -0.2) is 49.2 Å². The number of ether oxygens (including phenoxy) is 1. The van der Waals surface area contributed by atoms with Crippen molar-refractivity contribution < 1.29 is 4.74 Å². The van der Waals surface area contributed by atoms with E-state index in [1.807, 2.05) is 41.7 Å². The van der Waals surface area contributed by atoms with Crippen LogP contribution >= 0.6 is 22.9 Å². The van der Waals surface area contributed by atoms with E-state index < -0.39 is 0 Å². The van der Waals surface area contributed by atoms with Crippen molar-refractivity contribution in [1.29, 1.82) is 0 Å². The molecular weight excluding hydrogens is 426 g/mol. The van der Waals surface area contributed by atoms with Crippen LogP contribution in [-0.2, 0) is 0 Å². The van der Waals surface area contributed by atoms with Crippen molar-refractivity contribution in [2.24, 2.45) is 0 Å². The summed E-state index contributed by atoms with van der Waals surface area (Å²) in [6, 6.07) is 18.7. The van der Waals surface area contributed by atoms with Gasteiger partial charge in [0.05, 0.1) is 12.1 Å². The van der Waals surface area contributed by atoms with Crippen LogP contribution in [0.5, 0.6) is 5.75 Å². The Morgan fingerprint density at radius 3 is 2.74 bits per heavy atom. The molecule has 0 amide bonds. The number of rotatable bonds is 7. The molecule has 1 aliphatic rings. The second kappa shape index (κ2) is 9.43. The minimum absolute atomic E-state index is 0.511. The molecule has 0 aliphatic carbocycles. The lowest BCUT2D eigenvalue weighted by atomic mass is 10.2. The van der Waals surface area contributed by atoms with E-state index in [9.17, 15) is 0 Å². The van der Waals surface area contributed by atoms with E-state index in [4.69, 9.17) is 16.3 Å². The van der Waals surface area contributed by atoms with Crippen molar-refractivity contribution >= 4 is 49.6 Å². The molecule has 4 aromatic rings. The molecule has 0 saturated carbocycles. The average molecular weight is 452 g/mol. The van der Waals surface area contributed by atoms with Crippen LogP contribution in [0, 0.1) is 0 Å². The van der Waals surface area contributed by atoms with Crippen molar-refractivity contribution in [3.8, 4) is 5.75 Å². The standard InChI is InChI=1S/C25H26ClN3OS/c26-25-9-7-19-6-8-20(18-22(19)27-25)30-16-2-1-11-28-12-14-29(15-13-28)23-4-3-5-24-21(23)10-17-31-24/h3-10,17-18H,1-2,11-16H2. The quantitative estimate of drug-likeness (QED) is 0.251. The van der Waals surface area contributed by atoms with Crippen molar-refractivity contribution in [2.75, 3.05) is 44.2 Å². The molecule has 0 radical (unpaired) electrons. The van der Waals surface area contributed by atoms with E-state index in [0.29, 0.717) is 5.15 Å². The first-order chi connectivity index (χ1) is 15.3. The van der Waals surface area contributed by atoms with E-state index >= 15 is 0 Å². The minimum Gasteiger partial charge on any atom is -0.494 e. The van der Waals surface area contributed by atoms with Crippen molar-refractivity contribution in [1.82, 2.24) is 9.88 Å². The number of thiophene rings is 1. The molecular formula is C25H26ClN3OS. The third-order valence-electron chi connectivity index (χ3n) is 5.95. The largest absolute Gasteiger partial charge is 0.494 e. The number of pyridine rings is 1. The maximum absolute atomic E-state index is 6.00. The zero-order valence-electron chi connectivity index (χ0n) is 17.5. The number of halogens is 1. The van der Waals surface area contributed by atoms with Gasteiger partial charge in [-0.05, 0) is 67.2 Å². The molecule has 5 rings (SSSR count). The van der Waals surface area contributed by atoms with Crippen LogP contribution in [0.3, 0.4) is 0 Å². The summed E-state index contributed by atoms with van der Waals surface area (Å²) in [5, 5.41) is 5.17. The predicted molar refractivity (Wildman–Crippen MR) is 132 cm³/mol. The van der Waals surface area contributed by atoms with Gasteiger partial charge in [-0.15, -0.1) is 11.3 Å². The van der Waals surface area contributed by atoms with Crippen LogP contribution in [0.15, 0.2) is 60.0 Å². The summed E-state index contributed by atoms with van der Waals surface area (Å²) in [6.07, 6.45) is 2.20. The van der Waals surface area contributed by atoms with Crippen molar-refractivity contribution in [3.05, 3.63) is 65.1 Å². The highest BCUT2D eigenvalue weighted by atomic mass is 35.5. The Bertz CT molecular complexity index is 1170. The topological polar surface area (TPSA) is 28.6 Å². The van der Waals surface area contributed by atoms with Gasteiger partial charge in [0.15, 0.2) is 0 Å². The highest BCUT2D eigenvalue weighted by Crippen LogP contribution is 2.31. The van der Waals surface area contributed by atoms with Crippen LogP contribution in [0.2, 0.25) is 5.15 Å². The Morgan fingerprint density at radius 2 is 1.84 bits per heavy atom. The number of nitrogens with zero attached hydrogens (tertiary/aromatic N) is 3. The first-order valence-electron chi connectivity index (χ1n) is 10.9. The second-order valence-electron chi connectivity index (χ2n) is 7.98. The maximum Gasteiger partial charge on any atom is 0.129 e. The Balaban J connectivity index is 1.05. The zero-order valence-corrected chi connectivity index (χ0v) is 19.0. The van der Waals surface area contributed by atoms with Gasteiger partial charge in [0.2, 0.25) is 0 Å². The van der Waals surface area contributed by atoms with Crippen LogP contribution in [0.1, 0.15) is 12.8 Å². The van der Waals surface area contributed by atoms with Gasteiger partial charge in [-0.1, -0.05) is 17.7 Å². The minimum atomic E-state index is 0.511. The monoisotopic (exact) mass is 451 g/mol. The van der Waals surface area contributed by atoms with E-state index in [-0.39, 0.29) is 0 Å². The summed E-state index contributed by atoms with van der Waals surface area (Å²) >= 11 is 7.82. The molecule has 0 spiro atoms. The molecule has 4 nitrogen and oxygen atoms in total. The number of hydrogen-bond donors (Lipinski definition) is 0. The lowest BCUT2D eigenvalue weighted by Gasteiger charge is -2.36. The van der Waals surface area contributed by atoms with Crippen molar-refractivity contribution in [3.63, 3.8) is 0 Å². The fourth-order valence-corrected chi connectivity index (χ4v) is 5.22. The molecule has 1 fully saturated rings. The van der Waals surface area contributed by atoms with Crippen LogP contribution < -0.4 is 9.64 Å². The molecule has 2 aromatic carbocycles. The van der Waals surface area contributed by atoms with Gasteiger partial charge in [0.1, 0.15) is 10.9 Å². The van der Waals surface area contributed by atoms with Crippen molar-refractivity contribution in [2.45, 2.75) is 12.8 Å². The first-order valence-corrected chi connectivity index (χ1v) is 12.1. The summed E-state index contributed by atoms with van der Waals surface area (Å²) in [5.41, 5.74) is 2.26. The number of aromatic nitrogens is 1. The number of anilines is 1. The molecule has 2 aromatic heterocycles. The summed E-state index contributed by atoms with van der Waals surface area (Å²) in [5.74, 6) is 0.860. The number of fused-ring (bicyclic) bond motifs is 2. The number of hydrogen-bond acceptors (Lipinski definition) is 5. The third-order valence-corrected chi connectivity index (χ3v) is 7.05. The van der Waals surface area contributed by atoms with E-state index in [1.54, 1.807) is 0 Å². The van der Waals surface area contributed by atoms with E-state index in [1.165, 1.54) is 15.8 Å². The van der Waals surface area contributed by atoms with Gasteiger partial charge in [-0.25, -0.2) is 4.98 Å². The molecule has 0 bridgehead atoms. The van der Waals surface area contributed by atoms with Gasteiger partial charge in [0, 0.05) is 53.4 Å². The lowest BCUT2D eigenvalue weighted by Crippen LogP contribution is -2.46. The van der Waals surface area contributed by atoms with Gasteiger partial charge in [0.25, 0.3) is 0 Å². The molecule has 0 unspecified atom stereocenters. The van der Waals surface area contributed by atoms with Gasteiger partial charge in [-0.2, -0.15) is 0 Å². The normalized spacial score (nSPS) is 15.1. The molecule has 160 valence electrons. The molecule has 6 heteroatoms. The van der Waals surface area contributed by atoms with E-state index in [2.05, 4.69) is 44.4 Å². The van der Waals surface area contributed by atoms with Crippen LogP contribution in [0.4, 0.5) is 5.69 Å². The first kappa shape index (κ1) is 20.6. The van der Waals surface area contributed by atoms with Gasteiger partial charge < -0.3 is 9.64 Å². The Hall–Kier alpha value is -2.34. The fraction of sp³-hybridized carbons (Fsp3) is 0.320. The summed E-state index contributed by atoms with van der Waals surface area (Å²) in [6.45, 7) is 6.30. The molecule has 1 saturated heterocycles. The van der Waals surface area contributed by atoms with E-state index in [0.717, 1.165) is 68.8 Å². The maximum atomic E-state index is 6.00. The summed E-state index contributed by atoms with van der Waals surface area (Å²) < 4.78 is 7.32. The number of piperazine rings is 1. The molecule has 1 aliphatic heterocycles. The predicted octanol–water partition coefficient (Wildman–Crippen LogP) is 6.08. The Labute approximate surface area is 192 Å². The number of benzene rings is 2. The van der Waals surface area contributed by atoms with Crippen LogP contribution in [0.25, 0.3) is 21.0 Å². The highest BCUT2D eigenvalue weighted by molar-refractivity contribution is 7.17. The molecule has 0 atom stereocenters. The Morgan fingerprint density at radius 1 is 0.968 bits per heavy atom. The second-order valence-corrected chi connectivity index (χ2v) is 9.32. The van der Waals surface area contributed by atoms with Gasteiger partial charge in [-0.3, -0.25) is 4.90 Å². The fourth-order valence-electron chi connectivity index (χ4n) is 4.26. The smallest absolute Gasteiger partial charge is 0.129 e. The lowest BCUT2D eigenvalue weighted by molar-refractivity contribution is 0.239. The third kappa shape index (κ3) is 4.79. The Kier molecular flexibility index (Phi) is 6.25. The summed E-state index contributed by atoms with van der Waals surface area (Å²) in [4.78, 5) is 9.47. The highest BCUT2D eigenvalue weighted by Gasteiger charge is 2.18. The zero-order chi connectivity index (χ0) is 21.0. The number of unbranched alkanes of at least 4 members (excludes halogenated alkanes) is 1. The van der Waals surface area contributed by atoms with Gasteiger partial charge >= 0.3 is 0 Å². The average Bonchev–Trinajstić information content (AvgIpc) is 3.28.